The Hall–Kier alpha value is -2.82. The molecular formula is C21H26N2O3. The Kier molecular flexibility index (Phi) is 7.21. The van der Waals surface area contributed by atoms with E-state index in [1.807, 2.05) is 68.4 Å². The predicted octanol–water partition coefficient (Wildman–Crippen LogP) is 3.85. The molecule has 0 aromatic heterocycles. The molecular weight excluding hydrogens is 328 g/mol. The maximum Gasteiger partial charge on any atom is 0.226 e. The van der Waals surface area contributed by atoms with Crippen molar-refractivity contribution in [3.05, 3.63) is 60.2 Å². The average molecular weight is 354 g/mol. The van der Waals surface area contributed by atoms with E-state index in [1.54, 1.807) is 4.90 Å². The number of nitrogens with one attached hydrogen (secondary N) is 1. The van der Waals surface area contributed by atoms with Gasteiger partial charge in [-0.25, -0.2) is 0 Å². The van der Waals surface area contributed by atoms with Gasteiger partial charge in [0.2, 0.25) is 11.8 Å². The standard InChI is InChI=1S/C21H26N2O3/c1-16(2)26-20-12-8-7-11-19(20)22-21(25)13-14-23(17(3)24)15-18-9-5-4-6-10-18/h4-12,16H,13-15H2,1-3H3,(H,22,25). The number of ether oxygens (including phenoxy) is 1. The fourth-order valence-corrected chi connectivity index (χ4v) is 2.53. The zero-order valence-corrected chi connectivity index (χ0v) is 15.6. The summed E-state index contributed by atoms with van der Waals surface area (Å²) < 4.78 is 5.71. The van der Waals surface area contributed by atoms with Crippen molar-refractivity contribution in [2.24, 2.45) is 0 Å². The van der Waals surface area contributed by atoms with Crippen LogP contribution in [0.3, 0.4) is 0 Å². The second-order valence-corrected chi connectivity index (χ2v) is 6.39. The van der Waals surface area contributed by atoms with E-state index in [2.05, 4.69) is 5.32 Å². The van der Waals surface area contributed by atoms with Gasteiger partial charge in [-0.15, -0.1) is 0 Å². The summed E-state index contributed by atoms with van der Waals surface area (Å²) >= 11 is 0. The van der Waals surface area contributed by atoms with Crippen LogP contribution >= 0.6 is 0 Å². The van der Waals surface area contributed by atoms with Crippen molar-refractivity contribution in [2.75, 3.05) is 11.9 Å². The van der Waals surface area contributed by atoms with Gasteiger partial charge in [-0.2, -0.15) is 0 Å². The average Bonchev–Trinajstić information content (AvgIpc) is 2.60. The van der Waals surface area contributed by atoms with E-state index < -0.39 is 0 Å². The fourth-order valence-electron chi connectivity index (χ4n) is 2.53. The number of rotatable bonds is 8. The summed E-state index contributed by atoms with van der Waals surface area (Å²) in [6, 6.07) is 17.1. The monoisotopic (exact) mass is 354 g/mol. The molecule has 0 aliphatic heterocycles. The zero-order valence-electron chi connectivity index (χ0n) is 15.6. The molecule has 0 fully saturated rings. The first-order valence-electron chi connectivity index (χ1n) is 8.80. The van der Waals surface area contributed by atoms with Crippen LogP contribution in [0.25, 0.3) is 0 Å². The van der Waals surface area contributed by atoms with E-state index in [0.29, 0.717) is 24.5 Å². The Morgan fingerprint density at radius 2 is 1.69 bits per heavy atom. The van der Waals surface area contributed by atoms with Gasteiger partial charge >= 0.3 is 0 Å². The van der Waals surface area contributed by atoms with Crippen LogP contribution in [-0.4, -0.2) is 29.4 Å². The Bertz CT molecular complexity index is 729. The highest BCUT2D eigenvalue weighted by atomic mass is 16.5. The summed E-state index contributed by atoms with van der Waals surface area (Å²) in [6.07, 6.45) is 0.245. The highest BCUT2D eigenvalue weighted by Gasteiger charge is 2.13. The third-order valence-electron chi connectivity index (χ3n) is 3.79. The Balaban J connectivity index is 1.93. The maximum absolute atomic E-state index is 12.3. The second-order valence-electron chi connectivity index (χ2n) is 6.39. The molecule has 1 N–H and O–H groups in total. The number of carbonyl (C=O) groups excluding carboxylic acids is 2. The highest BCUT2D eigenvalue weighted by Crippen LogP contribution is 2.25. The highest BCUT2D eigenvalue weighted by molar-refractivity contribution is 5.92. The summed E-state index contributed by atoms with van der Waals surface area (Å²) in [4.78, 5) is 25.9. The Labute approximate surface area is 155 Å². The molecule has 0 unspecified atom stereocenters. The van der Waals surface area contributed by atoms with Gasteiger partial charge in [0.1, 0.15) is 5.75 Å². The third kappa shape index (κ3) is 6.24. The molecule has 0 saturated heterocycles. The van der Waals surface area contributed by atoms with E-state index in [-0.39, 0.29) is 24.3 Å². The number of nitrogens with zero attached hydrogens (tertiary/aromatic N) is 1. The van der Waals surface area contributed by atoms with Gasteiger partial charge in [0.05, 0.1) is 11.8 Å². The van der Waals surface area contributed by atoms with Crippen molar-refractivity contribution < 1.29 is 14.3 Å². The molecule has 138 valence electrons. The largest absolute Gasteiger partial charge is 0.489 e. The van der Waals surface area contributed by atoms with Gasteiger partial charge in [-0.3, -0.25) is 9.59 Å². The minimum absolute atomic E-state index is 0.0205. The number of hydrogen-bond donors (Lipinski definition) is 1. The molecule has 26 heavy (non-hydrogen) atoms. The van der Waals surface area contributed by atoms with Crippen LogP contribution in [0.1, 0.15) is 32.8 Å². The van der Waals surface area contributed by atoms with Crippen LogP contribution in [0.2, 0.25) is 0 Å². The van der Waals surface area contributed by atoms with Crippen LogP contribution in [0.15, 0.2) is 54.6 Å². The lowest BCUT2D eigenvalue weighted by Crippen LogP contribution is -2.31. The number of amides is 2. The summed E-state index contributed by atoms with van der Waals surface area (Å²) in [6.45, 7) is 6.26. The first-order valence-corrected chi connectivity index (χ1v) is 8.80. The molecule has 0 heterocycles. The summed E-state index contributed by atoms with van der Waals surface area (Å²) in [5.41, 5.74) is 1.68. The maximum atomic E-state index is 12.3. The van der Waals surface area contributed by atoms with Crippen LogP contribution in [0.4, 0.5) is 5.69 Å². The van der Waals surface area contributed by atoms with Crippen LogP contribution < -0.4 is 10.1 Å². The van der Waals surface area contributed by atoms with Crippen LogP contribution in [0.5, 0.6) is 5.75 Å². The molecule has 2 aromatic rings. The third-order valence-corrected chi connectivity index (χ3v) is 3.79. The Morgan fingerprint density at radius 3 is 2.35 bits per heavy atom. The quantitative estimate of drug-likeness (QED) is 0.783. The van der Waals surface area contributed by atoms with Crippen molar-refractivity contribution in [1.29, 1.82) is 0 Å². The van der Waals surface area contributed by atoms with Gasteiger partial charge in [-0.05, 0) is 31.5 Å². The van der Waals surface area contributed by atoms with E-state index in [9.17, 15) is 9.59 Å². The normalized spacial score (nSPS) is 10.5. The molecule has 2 aromatic carbocycles. The lowest BCUT2D eigenvalue weighted by molar-refractivity contribution is -0.129. The zero-order chi connectivity index (χ0) is 18.9. The van der Waals surface area contributed by atoms with E-state index in [0.717, 1.165) is 5.56 Å². The van der Waals surface area contributed by atoms with E-state index in [4.69, 9.17) is 4.74 Å². The SMILES string of the molecule is CC(=O)N(CCC(=O)Nc1ccccc1OC(C)C)Cc1ccccc1. The number of anilines is 1. The molecule has 0 saturated carbocycles. The number of hydrogen-bond acceptors (Lipinski definition) is 3. The molecule has 5 heteroatoms. The summed E-state index contributed by atoms with van der Waals surface area (Å²) in [5, 5.41) is 2.87. The smallest absolute Gasteiger partial charge is 0.226 e. The molecule has 0 aliphatic carbocycles. The van der Waals surface area contributed by atoms with Crippen molar-refractivity contribution in [3.63, 3.8) is 0 Å². The predicted molar refractivity (Wildman–Crippen MR) is 103 cm³/mol. The lowest BCUT2D eigenvalue weighted by atomic mass is 10.2. The molecule has 2 rings (SSSR count). The van der Waals surface area contributed by atoms with Gasteiger partial charge in [-0.1, -0.05) is 42.5 Å². The van der Waals surface area contributed by atoms with Crippen molar-refractivity contribution in [1.82, 2.24) is 4.90 Å². The minimum Gasteiger partial charge on any atom is -0.489 e. The van der Waals surface area contributed by atoms with Gasteiger partial charge < -0.3 is 15.0 Å². The molecule has 0 radical (unpaired) electrons. The van der Waals surface area contributed by atoms with Crippen molar-refractivity contribution in [3.8, 4) is 5.75 Å². The molecule has 5 nitrogen and oxygen atoms in total. The molecule has 0 bridgehead atoms. The van der Waals surface area contributed by atoms with Crippen molar-refractivity contribution >= 4 is 17.5 Å². The first-order chi connectivity index (χ1) is 12.5. The van der Waals surface area contributed by atoms with Crippen molar-refractivity contribution in [2.45, 2.75) is 39.8 Å². The number of carbonyl (C=O) groups is 2. The molecule has 0 spiro atoms. The fraction of sp³-hybridized carbons (Fsp3) is 0.333. The van der Waals surface area contributed by atoms with Crippen LogP contribution in [-0.2, 0) is 16.1 Å². The summed E-state index contributed by atoms with van der Waals surface area (Å²) in [5.74, 6) is 0.442. The van der Waals surface area contributed by atoms with Crippen LogP contribution in [0, 0.1) is 0 Å². The number of para-hydroxylation sites is 2. The molecule has 2 amide bonds. The molecule has 0 aliphatic rings. The molecule has 0 atom stereocenters. The minimum atomic E-state index is -0.149. The summed E-state index contributed by atoms with van der Waals surface area (Å²) in [7, 11) is 0. The topological polar surface area (TPSA) is 58.6 Å². The van der Waals surface area contributed by atoms with Gasteiger partial charge in [0.15, 0.2) is 0 Å². The second kappa shape index (κ2) is 9.61. The van der Waals surface area contributed by atoms with E-state index >= 15 is 0 Å². The first kappa shape index (κ1) is 19.5. The van der Waals surface area contributed by atoms with Gasteiger partial charge in [0.25, 0.3) is 0 Å². The van der Waals surface area contributed by atoms with Gasteiger partial charge in [0, 0.05) is 26.4 Å². The Morgan fingerprint density at radius 1 is 1.04 bits per heavy atom. The van der Waals surface area contributed by atoms with E-state index in [1.165, 1.54) is 6.92 Å². The lowest BCUT2D eigenvalue weighted by Gasteiger charge is -2.21. The number of benzene rings is 2.